The SMILES string of the molecule is O=c1cc(O)nc2c(F)cc(Br)cn12. The fourth-order valence-electron chi connectivity index (χ4n) is 1.12. The molecule has 1 N–H and O–H groups in total. The summed E-state index contributed by atoms with van der Waals surface area (Å²) in [6.07, 6.45) is 1.38. The Bertz CT molecular complexity index is 567. The molecule has 0 aromatic carbocycles. The topological polar surface area (TPSA) is 54.6 Å². The third-order valence-electron chi connectivity index (χ3n) is 1.67. The summed E-state index contributed by atoms with van der Waals surface area (Å²) in [5, 5.41) is 9.00. The molecule has 0 atom stereocenters. The lowest BCUT2D eigenvalue weighted by Crippen LogP contribution is -2.14. The summed E-state index contributed by atoms with van der Waals surface area (Å²) in [7, 11) is 0. The van der Waals surface area contributed by atoms with Crippen LogP contribution in [0, 0.1) is 5.82 Å². The van der Waals surface area contributed by atoms with Crippen molar-refractivity contribution in [1.29, 1.82) is 0 Å². The molecule has 72 valence electrons. The van der Waals surface area contributed by atoms with Crippen molar-refractivity contribution in [3.8, 4) is 5.88 Å². The van der Waals surface area contributed by atoms with Crippen molar-refractivity contribution in [3.63, 3.8) is 0 Å². The maximum absolute atomic E-state index is 13.2. The molecule has 0 aliphatic rings. The van der Waals surface area contributed by atoms with E-state index in [-0.39, 0.29) is 5.65 Å². The Labute approximate surface area is 85.8 Å². The van der Waals surface area contributed by atoms with Gasteiger partial charge in [-0.1, -0.05) is 0 Å². The van der Waals surface area contributed by atoms with Gasteiger partial charge in [0.25, 0.3) is 5.56 Å². The third kappa shape index (κ3) is 1.37. The molecule has 2 aromatic heterocycles. The number of hydrogen-bond donors (Lipinski definition) is 1. The van der Waals surface area contributed by atoms with E-state index in [1.807, 2.05) is 0 Å². The lowest BCUT2D eigenvalue weighted by Gasteiger charge is -2.01. The molecule has 0 saturated carbocycles. The Balaban J connectivity index is 3.02. The van der Waals surface area contributed by atoms with Crippen LogP contribution < -0.4 is 5.56 Å². The summed E-state index contributed by atoms with van der Waals surface area (Å²) in [6, 6.07) is 2.08. The smallest absolute Gasteiger partial charge is 0.261 e. The number of pyridine rings is 1. The van der Waals surface area contributed by atoms with Crippen molar-refractivity contribution in [2.75, 3.05) is 0 Å². The van der Waals surface area contributed by atoms with Crippen molar-refractivity contribution in [2.24, 2.45) is 0 Å². The predicted octanol–water partition coefficient (Wildman–Crippen LogP) is 1.30. The molecule has 0 bridgehead atoms. The molecule has 2 heterocycles. The lowest BCUT2D eigenvalue weighted by molar-refractivity contribution is 0.451. The quantitative estimate of drug-likeness (QED) is 0.775. The number of fused-ring (bicyclic) bond motifs is 1. The zero-order valence-corrected chi connectivity index (χ0v) is 8.32. The van der Waals surface area contributed by atoms with Gasteiger partial charge in [-0.15, -0.1) is 0 Å². The number of halogens is 2. The Morgan fingerprint density at radius 1 is 1.50 bits per heavy atom. The van der Waals surface area contributed by atoms with Crippen molar-refractivity contribution >= 4 is 21.6 Å². The van der Waals surface area contributed by atoms with E-state index in [0.717, 1.165) is 10.5 Å². The highest BCUT2D eigenvalue weighted by Crippen LogP contribution is 2.14. The van der Waals surface area contributed by atoms with Crippen LogP contribution in [0.2, 0.25) is 0 Å². The van der Waals surface area contributed by atoms with Gasteiger partial charge in [-0.05, 0) is 22.0 Å². The fourth-order valence-corrected chi connectivity index (χ4v) is 1.52. The van der Waals surface area contributed by atoms with Crippen LogP contribution in [0.5, 0.6) is 5.88 Å². The van der Waals surface area contributed by atoms with Crippen molar-refractivity contribution < 1.29 is 9.50 Å². The normalized spacial score (nSPS) is 10.7. The molecule has 14 heavy (non-hydrogen) atoms. The first kappa shape index (κ1) is 9.14. The summed E-state index contributed by atoms with van der Waals surface area (Å²) in [4.78, 5) is 14.8. The molecular formula is C8H4BrFN2O2. The van der Waals surface area contributed by atoms with Gasteiger partial charge in [-0.2, -0.15) is 4.98 Å². The molecule has 0 amide bonds. The number of aromatic nitrogens is 2. The molecule has 0 aliphatic carbocycles. The van der Waals surface area contributed by atoms with Crippen LogP contribution >= 0.6 is 15.9 Å². The second-order valence-electron chi connectivity index (χ2n) is 2.65. The van der Waals surface area contributed by atoms with E-state index in [0.29, 0.717) is 4.47 Å². The summed E-state index contributed by atoms with van der Waals surface area (Å²) in [5.74, 6) is -1.16. The second kappa shape index (κ2) is 3.06. The molecular weight excluding hydrogens is 255 g/mol. The largest absolute Gasteiger partial charge is 0.493 e. The van der Waals surface area contributed by atoms with Gasteiger partial charge in [0.1, 0.15) is 0 Å². The van der Waals surface area contributed by atoms with Crippen LogP contribution in [0.25, 0.3) is 5.65 Å². The molecule has 0 aliphatic heterocycles. The number of aromatic hydroxyl groups is 1. The first-order chi connectivity index (χ1) is 6.58. The monoisotopic (exact) mass is 258 g/mol. The molecule has 0 saturated heterocycles. The zero-order valence-electron chi connectivity index (χ0n) is 6.74. The highest BCUT2D eigenvalue weighted by Gasteiger charge is 2.07. The Kier molecular flexibility index (Phi) is 1.99. The van der Waals surface area contributed by atoms with E-state index in [9.17, 15) is 9.18 Å². The van der Waals surface area contributed by atoms with Crippen molar-refractivity contribution in [3.05, 3.63) is 39.0 Å². The average molecular weight is 259 g/mol. The van der Waals surface area contributed by atoms with E-state index in [4.69, 9.17) is 5.11 Å². The van der Waals surface area contributed by atoms with Crippen LogP contribution in [0.4, 0.5) is 4.39 Å². The molecule has 4 nitrogen and oxygen atoms in total. The van der Waals surface area contributed by atoms with Gasteiger partial charge in [0.2, 0.25) is 5.88 Å². The molecule has 6 heteroatoms. The van der Waals surface area contributed by atoms with E-state index in [1.165, 1.54) is 12.3 Å². The van der Waals surface area contributed by atoms with Gasteiger partial charge in [-0.3, -0.25) is 9.20 Å². The summed E-state index contributed by atoms with van der Waals surface area (Å²) >= 11 is 3.05. The maximum Gasteiger partial charge on any atom is 0.261 e. The Hall–Kier alpha value is -1.43. The predicted molar refractivity (Wildman–Crippen MR) is 50.8 cm³/mol. The second-order valence-corrected chi connectivity index (χ2v) is 3.57. The van der Waals surface area contributed by atoms with Crippen LogP contribution in [0.3, 0.4) is 0 Å². The lowest BCUT2D eigenvalue weighted by atomic mass is 10.4. The molecule has 2 aromatic rings. The van der Waals surface area contributed by atoms with Gasteiger partial charge in [0, 0.05) is 10.7 Å². The van der Waals surface area contributed by atoms with Gasteiger partial charge >= 0.3 is 0 Å². The maximum atomic E-state index is 13.2. The van der Waals surface area contributed by atoms with Crippen LogP contribution in [0.15, 0.2) is 27.6 Å². The number of rotatable bonds is 0. The van der Waals surface area contributed by atoms with E-state index in [1.54, 1.807) is 0 Å². The van der Waals surface area contributed by atoms with Gasteiger partial charge < -0.3 is 5.11 Å². The number of hydrogen-bond acceptors (Lipinski definition) is 3. The van der Waals surface area contributed by atoms with Crippen molar-refractivity contribution in [1.82, 2.24) is 9.38 Å². The Morgan fingerprint density at radius 2 is 2.21 bits per heavy atom. The summed E-state index contributed by atoms with van der Waals surface area (Å²) in [5.41, 5.74) is -0.731. The minimum absolute atomic E-state index is 0.196. The standard InChI is InChI=1S/C8H4BrFN2O2/c9-4-1-5(10)8-11-6(13)2-7(14)12(8)3-4/h1-3,13H. The third-order valence-corrected chi connectivity index (χ3v) is 2.10. The van der Waals surface area contributed by atoms with Crippen LogP contribution in [-0.4, -0.2) is 14.5 Å². The first-order valence-corrected chi connectivity index (χ1v) is 4.44. The minimum atomic E-state index is -0.674. The zero-order chi connectivity index (χ0) is 10.3. The van der Waals surface area contributed by atoms with Crippen LogP contribution in [-0.2, 0) is 0 Å². The Morgan fingerprint density at radius 3 is 2.93 bits per heavy atom. The highest BCUT2D eigenvalue weighted by molar-refractivity contribution is 9.10. The molecule has 0 spiro atoms. The molecule has 0 radical (unpaired) electrons. The van der Waals surface area contributed by atoms with Crippen molar-refractivity contribution in [2.45, 2.75) is 0 Å². The van der Waals surface area contributed by atoms with E-state index < -0.39 is 17.3 Å². The van der Waals surface area contributed by atoms with E-state index >= 15 is 0 Å². The van der Waals surface area contributed by atoms with Gasteiger partial charge in [0.15, 0.2) is 11.5 Å². The molecule has 0 fully saturated rings. The molecule has 0 unspecified atom stereocenters. The fraction of sp³-hybridized carbons (Fsp3) is 0. The van der Waals surface area contributed by atoms with E-state index in [2.05, 4.69) is 20.9 Å². The molecule has 2 rings (SSSR count). The number of nitrogens with zero attached hydrogens (tertiary/aromatic N) is 2. The summed E-state index contributed by atoms with van der Waals surface area (Å²) in [6.45, 7) is 0. The van der Waals surface area contributed by atoms with Crippen LogP contribution in [0.1, 0.15) is 0 Å². The van der Waals surface area contributed by atoms with Gasteiger partial charge in [0.05, 0.1) is 6.07 Å². The minimum Gasteiger partial charge on any atom is -0.493 e. The van der Waals surface area contributed by atoms with Gasteiger partial charge in [-0.25, -0.2) is 4.39 Å². The average Bonchev–Trinajstić information content (AvgIpc) is 2.07. The summed E-state index contributed by atoms with van der Waals surface area (Å²) < 4.78 is 14.7. The highest BCUT2D eigenvalue weighted by atomic mass is 79.9. The first-order valence-electron chi connectivity index (χ1n) is 3.65.